The number of phenols is 1. The molecule has 0 heterocycles. The fraction of sp³-hybridized carbons (Fsp3) is 0.467. The van der Waals surface area contributed by atoms with E-state index in [1.807, 2.05) is 0 Å². The molecule has 1 aromatic carbocycles. The van der Waals surface area contributed by atoms with Crippen LogP contribution in [0.15, 0.2) is 18.2 Å². The molecule has 0 aromatic heterocycles. The summed E-state index contributed by atoms with van der Waals surface area (Å²) < 4.78 is 0. The van der Waals surface area contributed by atoms with Crippen LogP contribution >= 0.6 is 11.6 Å². The maximum atomic E-state index is 11.8. The quantitative estimate of drug-likeness (QED) is 0.748. The number of carbonyl (C=O) groups excluding carboxylic acids is 2. The van der Waals surface area contributed by atoms with E-state index in [4.69, 9.17) is 11.6 Å². The molecule has 6 heteroatoms. The predicted molar refractivity (Wildman–Crippen MR) is 79.9 cm³/mol. The molecule has 114 valence electrons. The first-order valence-electron chi connectivity index (χ1n) is 7.14. The smallest absolute Gasteiger partial charge is 0.273 e. The molecule has 2 rings (SSSR count). The summed E-state index contributed by atoms with van der Waals surface area (Å²) >= 11 is 5.77. The third-order valence-electron chi connectivity index (χ3n) is 3.77. The highest BCUT2D eigenvalue weighted by Gasteiger charge is 2.17. The molecule has 5 nitrogen and oxygen atoms in total. The van der Waals surface area contributed by atoms with E-state index >= 15 is 0 Å². The van der Waals surface area contributed by atoms with E-state index in [0.717, 1.165) is 6.42 Å². The normalized spacial score (nSPS) is 14.9. The standard InChI is InChI=1S/C15H19ClN2O3/c16-11-6-7-13(19)12(9-11)15(21)18-17-14(20)8-5-10-3-1-2-4-10/h6-7,9-10,19H,1-5,8H2,(H,17,20)(H,18,21). The highest BCUT2D eigenvalue weighted by atomic mass is 35.5. The van der Waals surface area contributed by atoms with Crippen LogP contribution in [0.1, 0.15) is 48.9 Å². The molecule has 1 aliphatic carbocycles. The summed E-state index contributed by atoms with van der Waals surface area (Å²) in [5.74, 6) is -0.374. The summed E-state index contributed by atoms with van der Waals surface area (Å²) in [4.78, 5) is 23.5. The SMILES string of the molecule is O=C(CCC1CCCC1)NNC(=O)c1cc(Cl)ccc1O. The minimum atomic E-state index is -0.593. The molecule has 3 N–H and O–H groups in total. The van der Waals surface area contributed by atoms with Gasteiger partial charge >= 0.3 is 0 Å². The van der Waals surface area contributed by atoms with E-state index < -0.39 is 5.91 Å². The average molecular weight is 311 g/mol. The molecule has 1 fully saturated rings. The summed E-state index contributed by atoms with van der Waals surface area (Å²) in [5.41, 5.74) is 4.67. The van der Waals surface area contributed by atoms with Crippen molar-refractivity contribution in [2.45, 2.75) is 38.5 Å². The number of benzene rings is 1. The molecule has 0 radical (unpaired) electrons. The largest absolute Gasteiger partial charge is 0.507 e. The minimum Gasteiger partial charge on any atom is -0.507 e. The summed E-state index contributed by atoms with van der Waals surface area (Å²) in [6.07, 6.45) is 6.12. The molecule has 1 saturated carbocycles. The predicted octanol–water partition coefficient (Wildman–Crippen LogP) is 2.78. The van der Waals surface area contributed by atoms with Crippen LogP contribution in [0.2, 0.25) is 5.02 Å². The van der Waals surface area contributed by atoms with Gasteiger partial charge in [-0.2, -0.15) is 0 Å². The van der Waals surface area contributed by atoms with Gasteiger partial charge in [0, 0.05) is 11.4 Å². The van der Waals surface area contributed by atoms with Crippen molar-refractivity contribution >= 4 is 23.4 Å². The highest BCUT2D eigenvalue weighted by molar-refractivity contribution is 6.31. The zero-order valence-corrected chi connectivity index (χ0v) is 12.4. The number of hydrogen-bond donors (Lipinski definition) is 3. The Hall–Kier alpha value is -1.75. The number of carbonyl (C=O) groups is 2. The van der Waals surface area contributed by atoms with Gasteiger partial charge in [0.1, 0.15) is 5.75 Å². The van der Waals surface area contributed by atoms with E-state index in [0.29, 0.717) is 17.4 Å². The molecule has 0 bridgehead atoms. The van der Waals surface area contributed by atoms with Gasteiger partial charge in [0.05, 0.1) is 5.56 Å². The molecule has 0 spiro atoms. The van der Waals surface area contributed by atoms with Gasteiger partial charge in [0.15, 0.2) is 0 Å². The van der Waals surface area contributed by atoms with Crippen molar-refractivity contribution in [1.29, 1.82) is 0 Å². The first-order chi connectivity index (χ1) is 10.1. The van der Waals surface area contributed by atoms with Gasteiger partial charge < -0.3 is 5.11 Å². The molecule has 0 unspecified atom stereocenters. The van der Waals surface area contributed by atoms with Crippen LogP contribution in [0.4, 0.5) is 0 Å². The van der Waals surface area contributed by atoms with Gasteiger partial charge in [-0.25, -0.2) is 0 Å². The Bertz CT molecular complexity index is 528. The maximum absolute atomic E-state index is 11.8. The van der Waals surface area contributed by atoms with Gasteiger partial charge in [0.2, 0.25) is 5.91 Å². The van der Waals surface area contributed by atoms with Crippen molar-refractivity contribution in [1.82, 2.24) is 10.9 Å². The topological polar surface area (TPSA) is 78.4 Å². The lowest BCUT2D eigenvalue weighted by atomic mass is 10.0. The van der Waals surface area contributed by atoms with Crippen LogP contribution in [0.5, 0.6) is 5.75 Å². The zero-order valence-electron chi connectivity index (χ0n) is 11.7. The van der Waals surface area contributed by atoms with Crippen LogP contribution in [-0.2, 0) is 4.79 Å². The van der Waals surface area contributed by atoms with E-state index in [1.54, 1.807) is 0 Å². The Morgan fingerprint density at radius 2 is 1.95 bits per heavy atom. The zero-order chi connectivity index (χ0) is 15.2. The number of nitrogens with one attached hydrogen (secondary N) is 2. The first-order valence-corrected chi connectivity index (χ1v) is 7.52. The molecular formula is C15H19ClN2O3. The molecule has 1 aromatic rings. The second-order valence-corrected chi connectivity index (χ2v) is 5.79. The fourth-order valence-corrected chi connectivity index (χ4v) is 2.75. The maximum Gasteiger partial charge on any atom is 0.273 e. The average Bonchev–Trinajstić information content (AvgIpc) is 2.98. The fourth-order valence-electron chi connectivity index (χ4n) is 2.58. The molecular weight excluding hydrogens is 292 g/mol. The Kier molecular flexibility index (Phi) is 5.44. The number of hydrogen-bond acceptors (Lipinski definition) is 3. The van der Waals surface area contributed by atoms with Crippen molar-refractivity contribution in [2.24, 2.45) is 5.92 Å². The van der Waals surface area contributed by atoms with E-state index in [2.05, 4.69) is 10.9 Å². The number of amides is 2. The Labute approximate surface area is 128 Å². The number of phenolic OH excluding ortho intramolecular Hbond substituents is 1. The molecule has 0 saturated heterocycles. The highest BCUT2D eigenvalue weighted by Crippen LogP contribution is 2.28. The third-order valence-corrected chi connectivity index (χ3v) is 4.01. The van der Waals surface area contributed by atoms with E-state index in [-0.39, 0.29) is 17.2 Å². The second-order valence-electron chi connectivity index (χ2n) is 5.35. The number of hydrazine groups is 1. The minimum absolute atomic E-state index is 0.0265. The number of aromatic hydroxyl groups is 1. The molecule has 21 heavy (non-hydrogen) atoms. The Morgan fingerprint density at radius 3 is 2.67 bits per heavy atom. The van der Waals surface area contributed by atoms with Gasteiger partial charge in [-0.1, -0.05) is 37.3 Å². The molecule has 2 amide bonds. The van der Waals surface area contributed by atoms with Crippen LogP contribution in [0, 0.1) is 5.92 Å². The summed E-state index contributed by atoms with van der Waals surface area (Å²) in [7, 11) is 0. The van der Waals surface area contributed by atoms with Crippen LogP contribution < -0.4 is 10.9 Å². The Balaban J connectivity index is 1.77. The number of rotatable bonds is 4. The second kappa shape index (κ2) is 7.31. The third kappa shape index (κ3) is 4.63. The summed E-state index contributed by atoms with van der Waals surface area (Å²) in [6, 6.07) is 4.16. The molecule has 0 atom stereocenters. The lowest BCUT2D eigenvalue weighted by molar-refractivity contribution is -0.122. The summed E-state index contributed by atoms with van der Waals surface area (Å²) in [5, 5.41) is 9.92. The van der Waals surface area contributed by atoms with E-state index in [1.165, 1.54) is 43.9 Å². The lowest BCUT2D eigenvalue weighted by Gasteiger charge is -2.10. The first kappa shape index (κ1) is 15.6. The van der Waals surface area contributed by atoms with Crippen molar-refractivity contribution in [3.8, 4) is 5.75 Å². The van der Waals surface area contributed by atoms with Gasteiger partial charge in [-0.3, -0.25) is 20.4 Å². The van der Waals surface area contributed by atoms with Crippen molar-refractivity contribution < 1.29 is 14.7 Å². The van der Waals surface area contributed by atoms with Gasteiger partial charge in [-0.05, 0) is 30.5 Å². The van der Waals surface area contributed by atoms with Crippen molar-refractivity contribution in [3.05, 3.63) is 28.8 Å². The van der Waals surface area contributed by atoms with Gasteiger partial charge in [-0.15, -0.1) is 0 Å². The summed E-state index contributed by atoms with van der Waals surface area (Å²) in [6.45, 7) is 0. The monoisotopic (exact) mass is 310 g/mol. The van der Waals surface area contributed by atoms with Crippen molar-refractivity contribution in [3.63, 3.8) is 0 Å². The molecule has 1 aliphatic rings. The lowest BCUT2D eigenvalue weighted by Crippen LogP contribution is -2.41. The van der Waals surface area contributed by atoms with Crippen LogP contribution in [-0.4, -0.2) is 16.9 Å². The van der Waals surface area contributed by atoms with E-state index in [9.17, 15) is 14.7 Å². The van der Waals surface area contributed by atoms with Crippen LogP contribution in [0.25, 0.3) is 0 Å². The molecule has 0 aliphatic heterocycles. The number of halogens is 1. The van der Waals surface area contributed by atoms with Crippen molar-refractivity contribution in [2.75, 3.05) is 0 Å². The van der Waals surface area contributed by atoms with Crippen LogP contribution in [0.3, 0.4) is 0 Å². The van der Waals surface area contributed by atoms with Gasteiger partial charge in [0.25, 0.3) is 5.91 Å². The Morgan fingerprint density at radius 1 is 1.24 bits per heavy atom.